The van der Waals surface area contributed by atoms with Gasteiger partial charge in [-0.25, -0.2) is 4.98 Å². The average Bonchev–Trinajstić information content (AvgIpc) is 3.23. The minimum Gasteiger partial charge on any atom is -0.493 e. The Labute approximate surface area is 142 Å². The number of thiazole rings is 1. The van der Waals surface area contributed by atoms with Crippen LogP contribution < -0.4 is 14.8 Å². The quantitative estimate of drug-likeness (QED) is 0.770. The molecule has 0 aliphatic carbocycles. The molecule has 2 aromatic heterocycles. The Morgan fingerprint density at radius 1 is 1.21 bits per heavy atom. The molecule has 24 heavy (non-hydrogen) atoms. The molecule has 8 heteroatoms. The molecule has 0 bridgehead atoms. The molecule has 3 aromatic rings. The maximum Gasteiger partial charge on any atom is 0.275 e. The van der Waals surface area contributed by atoms with Gasteiger partial charge in [0.25, 0.3) is 5.91 Å². The molecular weight excluding hydrogens is 328 g/mol. The van der Waals surface area contributed by atoms with Crippen molar-refractivity contribution in [3.8, 4) is 22.8 Å². The lowest BCUT2D eigenvalue weighted by Crippen LogP contribution is -2.15. The fourth-order valence-electron chi connectivity index (χ4n) is 2.22. The number of aryl methyl sites for hydroxylation is 1. The maximum atomic E-state index is 12.2. The number of rotatable bonds is 5. The van der Waals surface area contributed by atoms with Crippen molar-refractivity contribution in [1.29, 1.82) is 0 Å². The summed E-state index contributed by atoms with van der Waals surface area (Å²) >= 11 is 1.35. The van der Waals surface area contributed by atoms with Gasteiger partial charge in [0.15, 0.2) is 16.6 Å². The summed E-state index contributed by atoms with van der Waals surface area (Å²) < 4.78 is 12.0. The van der Waals surface area contributed by atoms with Crippen molar-refractivity contribution < 1.29 is 14.3 Å². The minimum absolute atomic E-state index is 0.247. The third kappa shape index (κ3) is 3.09. The number of carbonyl (C=O) groups is 1. The number of amides is 1. The molecule has 0 atom stereocenters. The van der Waals surface area contributed by atoms with E-state index >= 15 is 0 Å². The van der Waals surface area contributed by atoms with Crippen molar-refractivity contribution >= 4 is 22.4 Å². The number of carbonyl (C=O) groups excluding carboxylic acids is 1. The summed E-state index contributed by atoms with van der Waals surface area (Å²) in [6, 6.07) is 7.21. The maximum absolute atomic E-state index is 12.2. The fourth-order valence-corrected chi connectivity index (χ4v) is 2.93. The molecule has 1 aromatic carbocycles. The largest absolute Gasteiger partial charge is 0.493 e. The zero-order chi connectivity index (χ0) is 17.1. The van der Waals surface area contributed by atoms with E-state index in [1.165, 1.54) is 16.0 Å². The highest BCUT2D eigenvalue weighted by atomic mass is 32.1. The van der Waals surface area contributed by atoms with E-state index in [0.717, 1.165) is 11.3 Å². The van der Waals surface area contributed by atoms with E-state index in [1.54, 1.807) is 33.5 Å². The Bertz CT molecular complexity index is 872. The van der Waals surface area contributed by atoms with E-state index in [4.69, 9.17) is 9.47 Å². The number of methoxy groups -OCH3 is 2. The van der Waals surface area contributed by atoms with Crippen LogP contribution in [0.5, 0.6) is 11.5 Å². The fraction of sp³-hybridized carbons (Fsp3) is 0.188. The lowest BCUT2D eigenvalue weighted by Gasteiger charge is -2.08. The molecule has 0 aliphatic heterocycles. The van der Waals surface area contributed by atoms with Gasteiger partial charge in [-0.3, -0.25) is 14.8 Å². The molecule has 2 heterocycles. The smallest absolute Gasteiger partial charge is 0.275 e. The first kappa shape index (κ1) is 16.0. The van der Waals surface area contributed by atoms with Gasteiger partial charge in [-0.2, -0.15) is 5.10 Å². The number of ether oxygens (including phenoxy) is 2. The Kier molecular flexibility index (Phi) is 4.48. The van der Waals surface area contributed by atoms with E-state index in [-0.39, 0.29) is 5.91 Å². The summed E-state index contributed by atoms with van der Waals surface area (Å²) in [5, 5.41) is 9.15. The topological polar surface area (TPSA) is 78.3 Å². The van der Waals surface area contributed by atoms with E-state index in [2.05, 4.69) is 15.4 Å². The second kappa shape index (κ2) is 6.71. The first-order chi connectivity index (χ1) is 11.6. The van der Waals surface area contributed by atoms with Crippen LogP contribution in [0, 0.1) is 0 Å². The predicted octanol–water partition coefficient (Wildman–Crippen LogP) is 2.81. The van der Waals surface area contributed by atoms with Crippen LogP contribution in [0.3, 0.4) is 0 Å². The number of anilines is 1. The van der Waals surface area contributed by atoms with Gasteiger partial charge in [-0.05, 0) is 24.3 Å². The van der Waals surface area contributed by atoms with Crippen LogP contribution in [-0.2, 0) is 7.05 Å². The van der Waals surface area contributed by atoms with Crippen LogP contribution in [0.2, 0.25) is 0 Å². The lowest BCUT2D eigenvalue weighted by molar-refractivity contribution is 0.101. The van der Waals surface area contributed by atoms with Crippen LogP contribution in [0.25, 0.3) is 11.3 Å². The zero-order valence-electron chi connectivity index (χ0n) is 13.4. The Hall–Kier alpha value is -2.87. The van der Waals surface area contributed by atoms with Gasteiger partial charge >= 0.3 is 0 Å². The van der Waals surface area contributed by atoms with Crippen LogP contribution in [0.15, 0.2) is 35.8 Å². The predicted molar refractivity (Wildman–Crippen MR) is 91.8 cm³/mol. The van der Waals surface area contributed by atoms with E-state index in [1.807, 2.05) is 23.6 Å². The van der Waals surface area contributed by atoms with Gasteiger partial charge in [0.1, 0.15) is 5.69 Å². The van der Waals surface area contributed by atoms with Gasteiger partial charge in [0, 0.05) is 24.2 Å². The van der Waals surface area contributed by atoms with E-state index < -0.39 is 0 Å². The molecule has 7 nitrogen and oxygen atoms in total. The summed E-state index contributed by atoms with van der Waals surface area (Å²) in [4.78, 5) is 16.6. The van der Waals surface area contributed by atoms with Gasteiger partial charge in [0.2, 0.25) is 0 Å². The van der Waals surface area contributed by atoms with Crippen LogP contribution >= 0.6 is 11.3 Å². The third-order valence-corrected chi connectivity index (χ3v) is 4.22. The van der Waals surface area contributed by atoms with Gasteiger partial charge in [-0.15, -0.1) is 11.3 Å². The van der Waals surface area contributed by atoms with Crippen LogP contribution in [0.1, 0.15) is 10.5 Å². The SMILES string of the molecule is COc1ccc(-c2csc(NC(=O)c3ccnn3C)n2)cc1OC. The Balaban J connectivity index is 1.81. The highest BCUT2D eigenvalue weighted by molar-refractivity contribution is 7.14. The molecule has 124 valence electrons. The second-order valence-corrected chi connectivity index (χ2v) is 5.76. The Morgan fingerprint density at radius 2 is 2.00 bits per heavy atom. The molecular formula is C16H16N4O3S. The second-order valence-electron chi connectivity index (χ2n) is 4.90. The number of aromatic nitrogens is 3. The van der Waals surface area contributed by atoms with Gasteiger partial charge in [0.05, 0.1) is 19.9 Å². The third-order valence-electron chi connectivity index (χ3n) is 3.46. The summed E-state index contributed by atoms with van der Waals surface area (Å²) in [7, 11) is 4.89. The monoisotopic (exact) mass is 344 g/mol. The number of hydrogen-bond acceptors (Lipinski definition) is 6. The zero-order valence-corrected chi connectivity index (χ0v) is 14.3. The van der Waals surface area contributed by atoms with E-state index in [0.29, 0.717) is 22.3 Å². The van der Waals surface area contributed by atoms with Crippen molar-refractivity contribution in [3.63, 3.8) is 0 Å². The lowest BCUT2D eigenvalue weighted by atomic mass is 10.1. The van der Waals surface area contributed by atoms with Crippen molar-refractivity contribution in [3.05, 3.63) is 41.5 Å². The molecule has 3 rings (SSSR count). The normalized spacial score (nSPS) is 10.5. The van der Waals surface area contributed by atoms with Crippen LogP contribution in [-0.4, -0.2) is 34.9 Å². The molecule has 0 unspecified atom stereocenters. The van der Waals surface area contributed by atoms with Gasteiger partial charge in [-0.1, -0.05) is 0 Å². The molecule has 0 aliphatic rings. The molecule has 0 radical (unpaired) electrons. The molecule has 1 N–H and O–H groups in total. The summed E-state index contributed by atoms with van der Waals surface area (Å²) in [6.45, 7) is 0. The Morgan fingerprint density at radius 3 is 2.67 bits per heavy atom. The molecule has 0 spiro atoms. The highest BCUT2D eigenvalue weighted by Crippen LogP contribution is 2.33. The molecule has 0 fully saturated rings. The average molecular weight is 344 g/mol. The van der Waals surface area contributed by atoms with Crippen molar-refractivity contribution in [2.75, 3.05) is 19.5 Å². The standard InChI is InChI=1S/C16H16N4O3S/c1-20-12(6-7-17-20)15(21)19-16-18-11(9-24-16)10-4-5-13(22-2)14(8-10)23-3/h4-9H,1-3H3,(H,18,19,21). The first-order valence-corrected chi connectivity index (χ1v) is 7.97. The van der Waals surface area contributed by atoms with Crippen molar-refractivity contribution in [1.82, 2.24) is 14.8 Å². The molecule has 0 saturated carbocycles. The van der Waals surface area contributed by atoms with Crippen molar-refractivity contribution in [2.24, 2.45) is 7.05 Å². The van der Waals surface area contributed by atoms with Crippen molar-refractivity contribution in [2.45, 2.75) is 0 Å². The molecule has 0 saturated heterocycles. The summed E-state index contributed by atoms with van der Waals surface area (Å²) in [5.41, 5.74) is 2.10. The number of benzene rings is 1. The minimum atomic E-state index is -0.247. The summed E-state index contributed by atoms with van der Waals surface area (Å²) in [6.07, 6.45) is 1.58. The number of nitrogens with zero attached hydrogens (tertiary/aromatic N) is 3. The van der Waals surface area contributed by atoms with E-state index in [9.17, 15) is 4.79 Å². The molecule has 1 amide bonds. The first-order valence-electron chi connectivity index (χ1n) is 7.09. The number of nitrogens with one attached hydrogen (secondary N) is 1. The van der Waals surface area contributed by atoms with Crippen LogP contribution in [0.4, 0.5) is 5.13 Å². The highest BCUT2D eigenvalue weighted by Gasteiger charge is 2.14. The summed E-state index contributed by atoms with van der Waals surface area (Å²) in [5.74, 6) is 1.04. The number of hydrogen-bond donors (Lipinski definition) is 1. The van der Waals surface area contributed by atoms with Gasteiger partial charge < -0.3 is 9.47 Å².